The quantitative estimate of drug-likeness (QED) is 0.438. The standard InChI is InChI=1S/C34H44F3N3O4/c1-44-27-8-5-22(6-9-27)29-20-40(26-3-2-4-26)21-30(29)32(41)39-17-11-23(12-18-39)28-10-7-25(34(35,36)37)19-31(28)38-15-13-24(14-16-38)33(42)43/h5-10,23-24,26,29-31H,2-4,11-21H2,1H3,(H,42,43)/t29-,30+,31?/m0/s1. The molecule has 0 spiro atoms. The predicted molar refractivity (Wildman–Crippen MR) is 160 cm³/mol. The summed E-state index contributed by atoms with van der Waals surface area (Å²) in [6.45, 7) is 3.80. The molecule has 4 fully saturated rings. The monoisotopic (exact) mass is 615 g/mol. The zero-order chi connectivity index (χ0) is 31.0. The minimum atomic E-state index is -4.38. The summed E-state index contributed by atoms with van der Waals surface area (Å²) < 4.78 is 46.6. The summed E-state index contributed by atoms with van der Waals surface area (Å²) in [4.78, 5) is 32.1. The van der Waals surface area contributed by atoms with E-state index < -0.39 is 23.6 Å². The molecular weight excluding hydrogens is 571 g/mol. The van der Waals surface area contributed by atoms with Crippen LogP contribution in [-0.4, -0.2) is 96.3 Å². The highest BCUT2D eigenvalue weighted by Crippen LogP contribution is 2.42. The van der Waals surface area contributed by atoms with Gasteiger partial charge in [-0.15, -0.1) is 0 Å². The van der Waals surface area contributed by atoms with E-state index in [2.05, 4.69) is 21.9 Å². The zero-order valence-corrected chi connectivity index (χ0v) is 25.5. The second-order valence-electron chi connectivity index (χ2n) is 13.3. The molecule has 0 radical (unpaired) electrons. The van der Waals surface area contributed by atoms with Crippen molar-refractivity contribution < 1.29 is 32.6 Å². The Morgan fingerprint density at radius 3 is 2.14 bits per heavy atom. The lowest BCUT2D eigenvalue weighted by atomic mass is 9.78. The number of carbonyl (C=O) groups excluding carboxylic acids is 1. The molecule has 1 N–H and O–H groups in total. The smallest absolute Gasteiger partial charge is 0.412 e. The van der Waals surface area contributed by atoms with Gasteiger partial charge in [0.25, 0.3) is 0 Å². The second kappa shape index (κ2) is 12.9. The normalized spacial score (nSPS) is 28.4. The number of carboxylic acids is 1. The molecule has 2 aliphatic carbocycles. The van der Waals surface area contributed by atoms with Crippen LogP contribution < -0.4 is 4.74 Å². The van der Waals surface area contributed by atoms with E-state index in [1.165, 1.54) is 25.3 Å². The van der Waals surface area contributed by atoms with E-state index in [1.54, 1.807) is 13.2 Å². The van der Waals surface area contributed by atoms with E-state index in [0.717, 1.165) is 42.8 Å². The molecule has 44 heavy (non-hydrogen) atoms. The molecule has 1 aromatic carbocycles. The number of rotatable bonds is 7. The summed E-state index contributed by atoms with van der Waals surface area (Å²) in [5, 5.41) is 9.42. The van der Waals surface area contributed by atoms with Crippen LogP contribution in [0.5, 0.6) is 5.75 Å². The van der Waals surface area contributed by atoms with Crippen LogP contribution in [0.1, 0.15) is 62.8 Å². The molecule has 10 heteroatoms. The second-order valence-corrected chi connectivity index (χ2v) is 13.3. The van der Waals surface area contributed by atoms with Crippen LogP contribution in [0, 0.1) is 17.8 Å². The van der Waals surface area contributed by atoms with E-state index in [0.29, 0.717) is 45.1 Å². The van der Waals surface area contributed by atoms with Gasteiger partial charge in [0.05, 0.1) is 18.9 Å². The molecule has 0 bridgehead atoms. The van der Waals surface area contributed by atoms with Crippen molar-refractivity contribution >= 4 is 11.9 Å². The molecule has 3 atom stereocenters. The van der Waals surface area contributed by atoms with Gasteiger partial charge in [-0.25, -0.2) is 0 Å². The number of halogens is 3. The highest BCUT2D eigenvalue weighted by Gasteiger charge is 2.45. The van der Waals surface area contributed by atoms with E-state index >= 15 is 0 Å². The topological polar surface area (TPSA) is 73.3 Å². The van der Waals surface area contributed by atoms with E-state index in [4.69, 9.17) is 4.74 Å². The van der Waals surface area contributed by atoms with Gasteiger partial charge in [-0.05, 0) is 87.2 Å². The Balaban J connectivity index is 1.14. The Morgan fingerprint density at radius 1 is 0.886 bits per heavy atom. The lowest BCUT2D eigenvalue weighted by molar-refractivity contribution is -0.143. The van der Waals surface area contributed by atoms with Crippen LogP contribution in [0.4, 0.5) is 13.2 Å². The maximum atomic E-state index is 14.1. The first-order valence-electron chi connectivity index (χ1n) is 16.2. The number of nitrogens with zero attached hydrogens (tertiary/aromatic N) is 3. The summed E-state index contributed by atoms with van der Waals surface area (Å²) in [5.41, 5.74) is 1.64. The number of alkyl halides is 3. The summed E-state index contributed by atoms with van der Waals surface area (Å²) in [7, 11) is 1.65. The van der Waals surface area contributed by atoms with Gasteiger partial charge in [0.1, 0.15) is 5.75 Å². The number of likely N-dealkylation sites (tertiary alicyclic amines) is 3. The van der Waals surface area contributed by atoms with E-state index in [-0.39, 0.29) is 36.1 Å². The lowest BCUT2D eigenvalue weighted by Crippen LogP contribution is -2.48. The van der Waals surface area contributed by atoms with Gasteiger partial charge in [0, 0.05) is 49.8 Å². The Hall–Kier alpha value is -2.85. The minimum Gasteiger partial charge on any atom is -0.497 e. The third-order valence-electron chi connectivity index (χ3n) is 11.0. The van der Waals surface area contributed by atoms with E-state index in [1.807, 2.05) is 17.0 Å². The van der Waals surface area contributed by atoms with Crippen LogP contribution in [0.15, 0.2) is 47.6 Å². The molecule has 240 valence electrons. The Morgan fingerprint density at radius 2 is 1.57 bits per heavy atom. The van der Waals surface area contributed by atoms with E-state index in [9.17, 15) is 27.9 Å². The number of carbonyl (C=O) groups is 2. The van der Waals surface area contributed by atoms with Crippen molar-refractivity contribution in [3.05, 3.63) is 53.1 Å². The van der Waals surface area contributed by atoms with Crippen molar-refractivity contribution in [2.24, 2.45) is 17.8 Å². The Bertz CT molecular complexity index is 1260. The van der Waals surface area contributed by atoms with Crippen molar-refractivity contribution in [2.75, 3.05) is 46.4 Å². The average Bonchev–Trinajstić information content (AvgIpc) is 3.43. The van der Waals surface area contributed by atoms with Crippen molar-refractivity contribution in [3.8, 4) is 5.75 Å². The third kappa shape index (κ3) is 6.43. The molecule has 6 rings (SSSR count). The molecule has 7 nitrogen and oxygen atoms in total. The largest absolute Gasteiger partial charge is 0.497 e. The average molecular weight is 616 g/mol. The van der Waals surface area contributed by atoms with Crippen molar-refractivity contribution in [1.82, 2.24) is 14.7 Å². The van der Waals surface area contributed by atoms with Gasteiger partial charge >= 0.3 is 12.1 Å². The zero-order valence-electron chi connectivity index (χ0n) is 25.5. The van der Waals surface area contributed by atoms with Gasteiger partial charge < -0.3 is 14.7 Å². The van der Waals surface area contributed by atoms with Crippen LogP contribution in [-0.2, 0) is 9.59 Å². The predicted octanol–water partition coefficient (Wildman–Crippen LogP) is 5.49. The van der Waals surface area contributed by atoms with Gasteiger partial charge in [-0.1, -0.05) is 30.7 Å². The molecule has 0 aromatic heterocycles. The highest BCUT2D eigenvalue weighted by atomic mass is 19.4. The number of allylic oxidation sites excluding steroid dienone is 2. The van der Waals surface area contributed by atoms with Crippen molar-refractivity contribution in [2.45, 2.75) is 75.5 Å². The number of ether oxygens (including phenoxy) is 1. The molecule has 3 heterocycles. The molecule has 1 unspecified atom stereocenters. The molecule has 1 aromatic rings. The number of amides is 1. The van der Waals surface area contributed by atoms with Crippen LogP contribution >= 0.6 is 0 Å². The number of hydrogen-bond acceptors (Lipinski definition) is 5. The minimum absolute atomic E-state index is 0.0970. The maximum absolute atomic E-state index is 14.1. The molecule has 1 amide bonds. The Kier molecular flexibility index (Phi) is 9.11. The summed E-state index contributed by atoms with van der Waals surface area (Å²) in [6, 6.07) is 8.26. The molecule has 3 aliphatic heterocycles. The first kappa shape index (κ1) is 31.1. The van der Waals surface area contributed by atoms with Crippen LogP contribution in [0.25, 0.3) is 0 Å². The van der Waals surface area contributed by atoms with Gasteiger partial charge in [0.2, 0.25) is 5.91 Å². The third-order valence-corrected chi connectivity index (χ3v) is 11.0. The van der Waals surface area contributed by atoms with Crippen molar-refractivity contribution in [3.63, 3.8) is 0 Å². The maximum Gasteiger partial charge on any atom is 0.412 e. The van der Waals surface area contributed by atoms with Gasteiger partial charge in [-0.3, -0.25) is 19.4 Å². The fourth-order valence-electron chi connectivity index (χ4n) is 8.11. The van der Waals surface area contributed by atoms with Crippen molar-refractivity contribution in [1.29, 1.82) is 0 Å². The summed E-state index contributed by atoms with van der Waals surface area (Å²) in [6.07, 6.45) is 4.40. The number of aliphatic carboxylic acids is 1. The van der Waals surface area contributed by atoms with Crippen LogP contribution in [0.2, 0.25) is 0 Å². The molecule has 5 aliphatic rings. The van der Waals surface area contributed by atoms with Gasteiger partial charge in [-0.2, -0.15) is 13.2 Å². The number of methoxy groups -OCH3 is 1. The number of hydrogen-bond donors (Lipinski definition) is 1. The van der Waals surface area contributed by atoms with Gasteiger partial charge in [0.15, 0.2) is 0 Å². The molecular formula is C34H44F3N3O4. The number of piperidine rings is 2. The van der Waals surface area contributed by atoms with Crippen LogP contribution in [0.3, 0.4) is 0 Å². The number of benzene rings is 1. The fourth-order valence-corrected chi connectivity index (χ4v) is 8.11. The summed E-state index contributed by atoms with van der Waals surface area (Å²) >= 11 is 0. The fraction of sp³-hybridized carbons (Fsp3) is 0.647. The SMILES string of the molecule is COc1ccc([C@@H]2CN(C3CCC3)C[C@H]2C(=O)N2CCC(C3=CC=C(C(F)(F)F)CC3N3CCC(C(=O)O)CC3)CC2)cc1. The lowest BCUT2D eigenvalue weighted by Gasteiger charge is -2.43. The first-order valence-corrected chi connectivity index (χ1v) is 16.2. The molecule has 3 saturated heterocycles. The first-order chi connectivity index (χ1) is 21.1. The molecule has 1 saturated carbocycles. The Labute approximate surface area is 257 Å². The highest BCUT2D eigenvalue weighted by molar-refractivity contribution is 5.81. The number of carboxylic acid groups (broad SMARTS) is 1. The summed E-state index contributed by atoms with van der Waals surface area (Å²) in [5.74, 6) is -0.177.